The smallest absolute Gasteiger partial charge is 0.247 e. The third kappa shape index (κ3) is 2.16. The molecule has 1 aromatic heterocycles. The highest BCUT2D eigenvalue weighted by atomic mass is 32.2. The highest BCUT2D eigenvalue weighted by Crippen LogP contribution is 2.21. The van der Waals surface area contributed by atoms with E-state index in [2.05, 4.69) is 4.98 Å². The van der Waals surface area contributed by atoms with E-state index in [9.17, 15) is 13.2 Å². The number of piperazine rings is 1. The molecule has 98 valence electrons. The van der Waals surface area contributed by atoms with Crippen LogP contribution >= 0.6 is 0 Å². The number of carbonyl (C=O) groups is 1. The molecule has 0 bridgehead atoms. The van der Waals surface area contributed by atoms with Gasteiger partial charge in [0.05, 0.1) is 12.2 Å². The van der Waals surface area contributed by atoms with Gasteiger partial charge < -0.3 is 10.6 Å². The Bertz CT molecular complexity index is 572. The molecule has 0 spiro atoms. The van der Waals surface area contributed by atoms with Gasteiger partial charge in [-0.3, -0.25) is 9.78 Å². The average Bonchev–Trinajstić information content (AvgIpc) is 2.33. The summed E-state index contributed by atoms with van der Waals surface area (Å²) < 4.78 is 25.7. The highest BCUT2D eigenvalue weighted by Gasteiger charge is 2.32. The molecule has 0 saturated carbocycles. The first-order valence-corrected chi connectivity index (χ1v) is 6.80. The largest absolute Gasteiger partial charge is 0.398 e. The maximum Gasteiger partial charge on any atom is 0.247 e. The van der Waals surface area contributed by atoms with Crippen molar-refractivity contribution in [1.29, 1.82) is 0 Å². The van der Waals surface area contributed by atoms with Crippen molar-refractivity contribution in [2.24, 2.45) is 0 Å². The molecule has 2 heterocycles. The van der Waals surface area contributed by atoms with Crippen LogP contribution in [0.5, 0.6) is 0 Å². The van der Waals surface area contributed by atoms with Gasteiger partial charge in [0.25, 0.3) is 0 Å². The highest BCUT2D eigenvalue weighted by molar-refractivity contribution is 7.89. The molecule has 1 fully saturated rings. The predicted molar refractivity (Wildman–Crippen MR) is 65.0 cm³/mol. The zero-order valence-electron chi connectivity index (χ0n) is 9.91. The van der Waals surface area contributed by atoms with Crippen LogP contribution in [-0.2, 0) is 14.8 Å². The summed E-state index contributed by atoms with van der Waals surface area (Å²) in [6.45, 7) is 0.476. The quantitative estimate of drug-likeness (QED) is 0.753. The van der Waals surface area contributed by atoms with Crippen molar-refractivity contribution >= 4 is 21.6 Å². The second-order valence-electron chi connectivity index (χ2n) is 4.07. The number of amides is 1. The van der Waals surface area contributed by atoms with Gasteiger partial charge in [0, 0.05) is 32.5 Å². The lowest BCUT2D eigenvalue weighted by Crippen LogP contribution is -2.50. The summed E-state index contributed by atoms with van der Waals surface area (Å²) in [5.74, 6) is -0.229. The fourth-order valence-electron chi connectivity index (χ4n) is 1.69. The molecule has 1 saturated heterocycles. The van der Waals surface area contributed by atoms with Crippen molar-refractivity contribution in [2.75, 3.05) is 32.4 Å². The lowest BCUT2D eigenvalue weighted by Gasteiger charge is -2.31. The normalized spacial score (nSPS) is 18.1. The summed E-state index contributed by atoms with van der Waals surface area (Å²) in [5.41, 5.74) is 5.77. The third-order valence-electron chi connectivity index (χ3n) is 2.86. The zero-order chi connectivity index (χ0) is 13.3. The predicted octanol–water partition coefficient (Wildman–Crippen LogP) is -0.873. The van der Waals surface area contributed by atoms with Crippen LogP contribution in [0.4, 0.5) is 5.69 Å². The van der Waals surface area contributed by atoms with Gasteiger partial charge in [0.15, 0.2) is 0 Å². The maximum absolute atomic E-state index is 12.3. The molecule has 1 aromatic rings. The fraction of sp³-hybridized carbons (Fsp3) is 0.400. The van der Waals surface area contributed by atoms with Gasteiger partial charge >= 0.3 is 0 Å². The number of nitrogen functional groups attached to an aromatic ring is 1. The molecule has 0 aromatic carbocycles. The number of carbonyl (C=O) groups excluding carboxylic acids is 1. The Kier molecular flexibility index (Phi) is 3.22. The van der Waals surface area contributed by atoms with Crippen LogP contribution in [-0.4, -0.2) is 55.2 Å². The topological polar surface area (TPSA) is 96.6 Å². The van der Waals surface area contributed by atoms with Crippen LogP contribution in [0.2, 0.25) is 0 Å². The number of sulfonamides is 1. The van der Waals surface area contributed by atoms with Crippen LogP contribution in [0.25, 0.3) is 0 Å². The van der Waals surface area contributed by atoms with Crippen molar-refractivity contribution in [3.8, 4) is 0 Å². The first kappa shape index (κ1) is 12.8. The van der Waals surface area contributed by atoms with Crippen molar-refractivity contribution < 1.29 is 13.2 Å². The summed E-state index contributed by atoms with van der Waals surface area (Å²) in [7, 11) is -2.11. The number of hydrogen-bond donors (Lipinski definition) is 1. The Morgan fingerprint density at radius 1 is 1.39 bits per heavy atom. The summed E-state index contributed by atoms with van der Waals surface area (Å²) in [6, 6.07) is 1.42. The van der Waals surface area contributed by atoms with Crippen molar-refractivity contribution in [1.82, 2.24) is 14.2 Å². The number of nitrogens with zero attached hydrogens (tertiary/aromatic N) is 3. The molecule has 0 atom stereocenters. The summed E-state index contributed by atoms with van der Waals surface area (Å²) in [4.78, 5) is 16.7. The first-order valence-electron chi connectivity index (χ1n) is 5.36. The molecule has 1 aliphatic heterocycles. The standard InChI is InChI=1S/C10H14N4O3S/c1-13-4-5-14(7-10(13)15)18(16,17)9-6-12-3-2-8(9)11/h2-3,6H,4-5,7H2,1H3,(H2,11,12). The van der Waals surface area contributed by atoms with E-state index in [1.54, 1.807) is 7.05 Å². The molecular weight excluding hydrogens is 256 g/mol. The van der Waals surface area contributed by atoms with Gasteiger partial charge in [0.1, 0.15) is 4.90 Å². The molecule has 7 nitrogen and oxygen atoms in total. The average molecular weight is 270 g/mol. The van der Waals surface area contributed by atoms with Crippen LogP contribution in [0, 0.1) is 0 Å². The Labute approximate surface area is 105 Å². The van der Waals surface area contributed by atoms with E-state index >= 15 is 0 Å². The summed E-state index contributed by atoms with van der Waals surface area (Å²) in [6.07, 6.45) is 2.62. The van der Waals surface area contributed by atoms with E-state index < -0.39 is 10.0 Å². The van der Waals surface area contributed by atoms with Gasteiger partial charge in [-0.1, -0.05) is 0 Å². The fourth-order valence-corrected chi connectivity index (χ4v) is 3.13. The van der Waals surface area contributed by atoms with E-state index in [0.29, 0.717) is 6.54 Å². The van der Waals surface area contributed by atoms with Crippen LogP contribution < -0.4 is 5.73 Å². The van der Waals surface area contributed by atoms with E-state index in [4.69, 9.17) is 5.73 Å². The number of aromatic nitrogens is 1. The van der Waals surface area contributed by atoms with Crippen molar-refractivity contribution in [3.63, 3.8) is 0 Å². The molecule has 18 heavy (non-hydrogen) atoms. The zero-order valence-corrected chi connectivity index (χ0v) is 10.7. The van der Waals surface area contributed by atoms with Crippen LogP contribution in [0.3, 0.4) is 0 Å². The van der Waals surface area contributed by atoms with Gasteiger partial charge in [-0.05, 0) is 6.07 Å². The Morgan fingerprint density at radius 2 is 2.11 bits per heavy atom. The molecule has 0 aliphatic carbocycles. The number of pyridine rings is 1. The third-order valence-corrected chi connectivity index (χ3v) is 4.74. The van der Waals surface area contributed by atoms with Crippen molar-refractivity contribution in [3.05, 3.63) is 18.5 Å². The molecule has 0 unspecified atom stereocenters. The lowest BCUT2D eigenvalue weighted by molar-refractivity contribution is -0.132. The number of anilines is 1. The molecule has 2 N–H and O–H groups in total. The molecular formula is C10H14N4O3S. The molecule has 1 amide bonds. The SMILES string of the molecule is CN1CCN(S(=O)(=O)c2cnccc2N)CC1=O. The summed E-state index contributed by atoms with van der Waals surface area (Å²) in [5, 5.41) is 0. The minimum absolute atomic E-state index is 0.0534. The Hall–Kier alpha value is -1.67. The molecule has 2 rings (SSSR count). The van der Waals surface area contributed by atoms with Gasteiger partial charge in [0.2, 0.25) is 15.9 Å². The van der Waals surface area contributed by atoms with Crippen LogP contribution in [0.15, 0.2) is 23.4 Å². The lowest BCUT2D eigenvalue weighted by atomic mass is 10.4. The number of likely N-dealkylation sites (N-methyl/N-ethyl adjacent to an activating group) is 1. The maximum atomic E-state index is 12.3. The van der Waals surface area contributed by atoms with E-state index in [0.717, 1.165) is 4.31 Å². The number of nitrogens with two attached hydrogens (primary N) is 1. The van der Waals surface area contributed by atoms with Crippen LogP contribution in [0.1, 0.15) is 0 Å². The second kappa shape index (κ2) is 4.54. The monoisotopic (exact) mass is 270 g/mol. The van der Waals surface area contributed by atoms with Crippen molar-refractivity contribution in [2.45, 2.75) is 4.90 Å². The van der Waals surface area contributed by atoms with E-state index in [1.807, 2.05) is 0 Å². The Morgan fingerprint density at radius 3 is 2.72 bits per heavy atom. The van der Waals surface area contributed by atoms with Gasteiger partial charge in [-0.15, -0.1) is 0 Å². The number of hydrogen-bond acceptors (Lipinski definition) is 5. The van der Waals surface area contributed by atoms with Gasteiger partial charge in [-0.2, -0.15) is 4.31 Å². The minimum atomic E-state index is -3.75. The molecule has 1 aliphatic rings. The first-order chi connectivity index (χ1) is 8.43. The summed E-state index contributed by atoms with van der Waals surface area (Å²) >= 11 is 0. The Balaban J connectivity index is 2.33. The minimum Gasteiger partial charge on any atom is -0.398 e. The second-order valence-corrected chi connectivity index (χ2v) is 5.97. The molecule has 0 radical (unpaired) electrons. The van der Waals surface area contributed by atoms with Gasteiger partial charge in [-0.25, -0.2) is 8.42 Å². The van der Waals surface area contributed by atoms with E-state index in [1.165, 1.54) is 23.4 Å². The molecule has 8 heteroatoms. The van der Waals surface area contributed by atoms with E-state index in [-0.39, 0.29) is 29.6 Å². The number of rotatable bonds is 2.